The zero-order chi connectivity index (χ0) is 15.6. The van der Waals surface area contributed by atoms with Gasteiger partial charge >= 0.3 is 12.1 Å². The Balaban J connectivity index is 3.01. The van der Waals surface area contributed by atoms with Gasteiger partial charge in [-0.1, -0.05) is 19.3 Å². The zero-order valence-corrected chi connectivity index (χ0v) is 13.2. The number of carbonyl (C=O) groups is 2. The monoisotopic (exact) mass is 285 g/mol. The Bertz CT molecular complexity index is 367. The van der Waals surface area contributed by atoms with Crippen molar-refractivity contribution in [1.82, 2.24) is 4.90 Å². The van der Waals surface area contributed by atoms with Crippen molar-refractivity contribution in [3.63, 3.8) is 0 Å². The summed E-state index contributed by atoms with van der Waals surface area (Å²) >= 11 is 0. The van der Waals surface area contributed by atoms with Crippen LogP contribution in [0.3, 0.4) is 0 Å². The van der Waals surface area contributed by atoms with Gasteiger partial charge in [0.15, 0.2) is 0 Å². The molecule has 0 aromatic heterocycles. The van der Waals surface area contributed by atoms with E-state index in [0.29, 0.717) is 0 Å². The Morgan fingerprint density at radius 1 is 1.20 bits per heavy atom. The Morgan fingerprint density at radius 3 is 2.10 bits per heavy atom. The van der Waals surface area contributed by atoms with Crippen LogP contribution in [0, 0.1) is 0 Å². The lowest BCUT2D eigenvalue weighted by atomic mass is 9.81. The van der Waals surface area contributed by atoms with E-state index in [2.05, 4.69) is 0 Å². The molecule has 0 saturated heterocycles. The highest BCUT2D eigenvalue weighted by molar-refractivity contribution is 5.80. The third-order valence-corrected chi connectivity index (χ3v) is 3.85. The van der Waals surface area contributed by atoms with Crippen molar-refractivity contribution in [2.75, 3.05) is 0 Å². The van der Waals surface area contributed by atoms with Gasteiger partial charge in [-0.15, -0.1) is 0 Å². The van der Waals surface area contributed by atoms with Gasteiger partial charge in [0.1, 0.15) is 11.6 Å². The lowest BCUT2D eigenvalue weighted by Gasteiger charge is -2.45. The molecule has 1 amide bonds. The number of carbonyl (C=O) groups excluding carboxylic acids is 1. The highest BCUT2D eigenvalue weighted by Crippen LogP contribution is 2.35. The molecule has 0 aliphatic heterocycles. The van der Waals surface area contributed by atoms with Crippen molar-refractivity contribution in [1.29, 1.82) is 0 Å². The van der Waals surface area contributed by atoms with E-state index >= 15 is 0 Å². The Labute approximate surface area is 121 Å². The number of nitrogens with zero attached hydrogens (tertiary/aromatic N) is 1. The summed E-state index contributed by atoms with van der Waals surface area (Å²) in [6.45, 7) is 8.88. The third kappa shape index (κ3) is 4.12. The van der Waals surface area contributed by atoms with E-state index in [0.717, 1.165) is 32.1 Å². The number of hydrogen-bond donors (Lipinski definition) is 1. The highest BCUT2D eigenvalue weighted by atomic mass is 16.6. The maximum Gasteiger partial charge on any atom is 0.411 e. The van der Waals surface area contributed by atoms with E-state index in [9.17, 15) is 14.7 Å². The number of rotatable bonds is 3. The van der Waals surface area contributed by atoms with Crippen molar-refractivity contribution >= 4 is 12.1 Å². The average molecular weight is 285 g/mol. The van der Waals surface area contributed by atoms with Gasteiger partial charge < -0.3 is 9.84 Å². The van der Waals surface area contributed by atoms with Crippen LogP contribution in [0.4, 0.5) is 4.79 Å². The van der Waals surface area contributed by atoms with Gasteiger partial charge in [0.25, 0.3) is 0 Å². The van der Waals surface area contributed by atoms with Crippen molar-refractivity contribution in [2.45, 2.75) is 83.9 Å². The molecule has 1 saturated carbocycles. The zero-order valence-electron chi connectivity index (χ0n) is 13.2. The fraction of sp³-hybridized carbons (Fsp3) is 0.867. The smallest absolute Gasteiger partial charge is 0.411 e. The van der Waals surface area contributed by atoms with Gasteiger partial charge in [0, 0.05) is 5.54 Å². The van der Waals surface area contributed by atoms with Crippen LogP contribution in [0.25, 0.3) is 0 Å². The second kappa shape index (κ2) is 6.02. The lowest BCUT2D eigenvalue weighted by molar-refractivity contribution is -0.145. The molecule has 1 fully saturated rings. The first-order valence-corrected chi connectivity index (χ1v) is 7.32. The van der Waals surface area contributed by atoms with Gasteiger partial charge in [-0.05, 0) is 47.5 Å². The van der Waals surface area contributed by atoms with Crippen LogP contribution >= 0.6 is 0 Å². The van der Waals surface area contributed by atoms with Crippen molar-refractivity contribution in [3.8, 4) is 0 Å². The molecule has 1 unspecified atom stereocenters. The summed E-state index contributed by atoms with van der Waals surface area (Å²) in [5, 5.41) is 9.30. The molecular formula is C15H27NO4. The number of amides is 1. The van der Waals surface area contributed by atoms with Crippen LogP contribution in [0.2, 0.25) is 0 Å². The minimum Gasteiger partial charge on any atom is -0.480 e. The van der Waals surface area contributed by atoms with Gasteiger partial charge in [0.05, 0.1) is 0 Å². The highest BCUT2D eigenvalue weighted by Gasteiger charge is 2.43. The Kier molecular flexibility index (Phi) is 5.05. The lowest BCUT2D eigenvalue weighted by Crippen LogP contribution is -2.58. The fourth-order valence-corrected chi connectivity index (χ4v) is 2.82. The number of aliphatic carboxylic acids is 1. The largest absolute Gasteiger partial charge is 0.480 e. The van der Waals surface area contributed by atoms with Crippen LogP contribution in [0.1, 0.15) is 66.7 Å². The first-order valence-electron chi connectivity index (χ1n) is 7.32. The summed E-state index contributed by atoms with van der Waals surface area (Å²) < 4.78 is 5.41. The van der Waals surface area contributed by atoms with Crippen LogP contribution in [0.15, 0.2) is 0 Å². The molecule has 1 rings (SSSR count). The number of carboxylic acid groups (broad SMARTS) is 1. The molecule has 1 aliphatic carbocycles. The maximum atomic E-state index is 12.4. The molecular weight excluding hydrogens is 258 g/mol. The number of ether oxygens (including phenoxy) is 1. The molecule has 1 atom stereocenters. The van der Waals surface area contributed by atoms with E-state index in [-0.39, 0.29) is 0 Å². The average Bonchev–Trinajstić information content (AvgIpc) is 2.26. The molecule has 5 nitrogen and oxygen atoms in total. The van der Waals surface area contributed by atoms with Crippen molar-refractivity contribution in [3.05, 3.63) is 0 Å². The first kappa shape index (κ1) is 16.8. The normalized spacial score (nSPS) is 20.1. The summed E-state index contributed by atoms with van der Waals surface area (Å²) in [6.07, 6.45) is 4.29. The molecule has 0 bridgehead atoms. The molecule has 1 aliphatic rings. The number of hydrogen-bond acceptors (Lipinski definition) is 3. The standard InChI is InChI=1S/C15H27NO4/c1-11(12(17)18)16(13(19)20-14(2,3)4)15(5)9-7-6-8-10-15/h11H,6-10H2,1-5H3,(H,17,18). The molecule has 0 aromatic carbocycles. The Hall–Kier alpha value is -1.26. The van der Waals surface area contributed by atoms with Crippen molar-refractivity contribution in [2.24, 2.45) is 0 Å². The van der Waals surface area contributed by atoms with Crippen LogP contribution < -0.4 is 0 Å². The molecule has 20 heavy (non-hydrogen) atoms. The first-order chi connectivity index (χ1) is 9.07. The second-order valence-electron chi connectivity index (χ2n) is 6.92. The fourth-order valence-electron chi connectivity index (χ4n) is 2.82. The summed E-state index contributed by atoms with van der Waals surface area (Å²) in [5.74, 6) is -0.998. The third-order valence-electron chi connectivity index (χ3n) is 3.85. The maximum absolute atomic E-state index is 12.4. The predicted octanol–water partition coefficient (Wildman–Crippen LogP) is 3.42. The predicted molar refractivity (Wildman–Crippen MR) is 76.7 cm³/mol. The Morgan fingerprint density at radius 2 is 1.70 bits per heavy atom. The molecule has 0 spiro atoms. The van der Waals surface area contributed by atoms with Crippen LogP contribution in [-0.2, 0) is 9.53 Å². The summed E-state index contributed by atoms with van der Waals surface area (Å²) in [7, 11) is 0. The molecule has 5 heteroatoms. The van der Waals surface area contributed by atoms with E-state index in [1.165, 1.54) is 4.90 Å². The second-order valence-corrected chi connectivity index (χ2v) is 6.92. The quantitative estimate of drug-likeness (QED) is 0.862. The van der Waals surface area contributed by atoms with E-state index in [4.69, 9.17) is 4.74 Å². The molecule has 0 aromatic rings. The van der Waals surface area contributed by atoms with E-state index < -0.39 is 29.2 Å². The van der Waals surface area contributed by atoms with Gasteiger partial charge in [0.2, 0.25) is 0 Å². The minimum atomic E-state index is -0.998. The minimum absolute atomic E-state index is 0.432. The molecule has 116 valence electrons. The van der Waals surface area contributed by atoms with Gasteiger partial charge in [-0.2, -0.15) is 0 Å². The summed E-state index contributed by atoms with van der Waals surface area (Å²) in [5.41, 5.74) is -1.06. The van der Waals surface area contributed by atoms with Crippen LogP contribution in [0.5, 0.6) is 0 Å². The van der Waals surface area contributed by atoms with E-state index in [1.54, 1.807) is 27.7 Å². The summed E-state index contributed by atoms with van der Waals surface area (Å²) in [6, 6.07) is -0.882. The molecule has 0 heterocycles. The summed E-state index contributed by atoms with van der Waals surface area (Å²) in [4.78, 5) is 25.2. The topological polar surface area (TPSA) is 66.8 Å². The van der Waals surface area contributed by atoms with Crippen LogP contribution in [-0.4, -0.2) is 39.3 Å². The number of carboxylic acids is 1. The molecule has 1 N–H and O–H groups in total. The van der Waals surface area contributed by atoms with Gasteiger partial charge in [-0.3, -0.25) is 4.90 Å². The SMILES string of the molecule is CC(C(=O)O)N(C(=O)OC(C)(C)C)C1(C)CCCCC1. The van der Waals surface area contributed by atoms with Gasteiger partial charge in [-0.25, -0.2) is 9.59 Å². The van der Waals surface area contributed by atoms with E-state index in [1.807, 2.05) is 6.92 Å². The molecule has 0 radical (unpaired) electrons. The van der Waals surface area contributed by atoms with Crippen molar-refractivity contribution < 1.29 is 19.4 Å².